The predicted octanol–water partition coefficient (Wildman–Crippen LogP) is 1.54. The first kappa shape index (κ1) is 14.6. The van der Waals surface area contributed by atoms with E-state index in [4.69, 9.17) is 0 Å². The van der Waals surface area contributed by atoms with E-state index in [1.165, 1.54) is 55.5 Å². The van der Waals surface area contributed by atoms with Crippen LogP contribution in [0.5, 0.6) is 0 Å². The van der Waals surface area contributed by atoms with Crippen molar-refractivity contribution in [1.82, 2.24) is 5.32 Å². The number of carbonyl (C=O) groups excluding carboxylic acids is 1. The molecule has 3 nitrogen and oxygen atoms in total. The van der Waals surface area contributed by atoms with Crippen LogP contribution in [0.15, 0.2) is 30.3 Å². The number of amides is 1. The van der Waals surface area contributed by atoms with Crippen molar-refractivity contribution in [1.29, 1.82) is 0 Å². The van der Waals surface area contributed by atoms with Crippen LogP contribution in [0.4, 0.5) is 0 Å². The van der Waals surface area contributed by atoms with E-state index in [1.807, 2.05) is 18.2 Å². The van der Waals surface area contributed by atoms with Crippen molar-refractivity contribution in [2.75, 3.05) is 13.1 Å². The van der Waals surface area contributed by atoms with Crippen LogP contribution in [0, 0.1) is 5.92 Å². The Balaban J connectivity index is 1.49. The lowest BCUT2D eigenvalue weighted by molar-refractivity contribution is -0.928. The maximum absolute atomic E-state index is 12.2. The summed E-state index contributed by atoms with van der Waals surface area (Å²) in [6.07, 6.45) is 8.15. The molecule has 0 radical (unpaired) electrons. The maximum Gasteiger partial charge on any atom is 0.275 e. The number of fused-ring (bicyclic) bond motifs is 1. The first-order valence-corrected chi connectivity index (χ1v) is 8.48. The molecular formula is C18H27N2O+. The van der Waals surface area contributed by atoms with E-state index in [0.29, 0.717) is 13.1 Å². The Kier molecular flexibility index (Phi) is 4.91. The van der Waals surface area contributed by atoms with Gasteiger partial charge in [0.2, 0.25) is 0 Å². The van der Waals surface area contributed by atoms with E-state index in [1.54, 1.807) is 0 Å². The van der Waals surface area contributed by atoms with Gasteiger partial charge in [0.15, 0.2) is 6.54 Å². The highest BCUT2D eigenvalue weighted by molar-refractivity contribution is 5.76. The van der Waals surface area contributed by atoms with Crippen LogP contribution in [0.25, 0.3) is 0 Å². The van der Waals surface area contributed by atoms with Gasteiger partial charge in [-0.05, 0) is 37.7 Å². The van der Waals surface area contributed by atoms with Crippen LogP contribution in [0.1, 0.15) is 44.1 Å². The third-order valence-corrected chi connectivity index (χ3v) is 5.23. The molecule has 2 aliphatic rings. The highest BCUT2D eigenvalue weighted by Crippen LogP contribution is 2.28. The van der Waals surface area contributed by atoms with Crippen LogP contribution in [0.3, 0.4) is 0 Å². The zero-order chi connectivity index (χ0) is 14.5. The molecule has 1 heterocycles. The molecule has 1 aliphatic carbocycles. The van der Waals surface area contributed by atoms with Crippen LogP contribution >= 0.6 is 0 Å². The number of likely N-dealkylation sites (tertiary alicyclic amines) is 1. The van der Waals surface area contributed by atoms with Crippen molar-refractivity contribution >= 4 is 5.91 Å². The first-order valence-electron chi connectivity index (χ1n) is 8.48. The second kappa shape index (κ2) is 7.08. The lowest BCUT2D eigenvalue weighted by atomic mass is 9.78. The summed E-state index contributed by atoms with van der Waals surface area (Å²) in [4.78, 5) is 13.8. The van der Waals surface area contributed by atoms with Gasteiger partial charge in [-0.3, -0.25) is 4.79 Å². The van der Waals surface area contributed by atoms with Gasteiger partial charge in [0.05, 0.1) is 12.6 Å². The molecule has 1 aliphatic heterocycles. The molecule has 0 spiro atoms. The number of carbonyl (C=O) groups is 1. The molecule has 2 N–H and O–H groups in total. The third kappa shape index (κ3) is 3.85. The minimum atomic E-state index is 0.208. The number of quaternary nitrogens is 1. The summed E-state index contributed by atoms with van der Waals surface area (Å²) in [6, 6.07) is 10.9. The van der Waals surface area contributed by atoms with E-state index in [2.05, 4.69) is 17.4 Å². The maximum atomic E-state index is 12.2. The molecule has 21 heavy (non-hydrogen) atoms. The fourth-order valence-electron chi connectivity index (χ4n) is 4.15. The van der Waals surface area contributed by atoms with E-state index in [9.17, 15) is 4.79 Å². The largest absolute Gasteiger partial charge is 0.347 e. The molecule has 0 bridgehead atoms. The smallest absolute Gasteiger partial charge is 0.275 e. The Morgan fingerprint density at radius 3 is 2.71 bits per heavy atom. The van der Waals surface area contributed by atoms with Crippen LogP contribution in [-0.4, -0.2) is 25.0 Å². The Labute approximate surface area is 127 Å². The molecule has 1 saturated heterocycles. The van der Waals surface area contributed by atoms with Crippen LogP contribution in [-0.2, 0) is 11.3 Å². The molecule has 1 unspecified atom stereocenters. The van der Waals surface area contributed by atoms with Gasteiger partial charge in [-0.25, -0.2) is 0 Å². The molecule has 1 aromatic carbocycles. The van der Waals surface area contributed by atoms with Crippen LogP contribution in [0.2, 0.25) is 0 Å². The number of benzene rings is 1. The quantitative estimate of drug-likeness (QED) is 0.865. The number of rotatable bonds is 4. The van der Waals surface area contributed by atoms with Crippen LogP contribution < -0.4 is 10.2 Å². The lowest BCUT2D eigenvalue weighted by Crippen LogP contribution is -3.18. The van der Waals surface area contributed by atoms with Gasteiger partial charge in [-0.2, -0.15) is 0 Å². The molecule has 0 aromatic heterocycles. The van der Waals surface area contributed by atoms with Crippen molar-refractivity contribution in [3.8, 4) is 0 Å². The van der Waals surface area contributed by atoms with Gasteiger partial charge < -0.3 is 10.2 Å². The van der Waals surface area contributed by atoms with E-state index in [-0.39, 0.29) is 5.91 Å². The molecule has 1 saturated carbocycles. The SMILES string of the molecule is O=C(C[NH+]1CCC[C@@H]2CCCC[C@@H]21)NCc1ccccc1. The summed E-state index contributed by atoms with van der Waals surface area (Å²) in [5, 5.41) is 3.08. The monoisotopic (exact) mass is 287 g/mol. The number of nitrogens with one attached hydrogen (secondary N) is 2. The fourth-order valence-corrected chi connectivity index (χ4v) is 4.15. The van der Waals surface area contributed by atoms with Crippen molar-refractivity contribution in [3.05, 3.63) is 35.9 Å². The average Bonchev–Trinajstić information content (AvgIpc) is 2.54. The summed E-state index contributed by atoms with van der Waals surface area (Å²) in [5.41, 5.74) is 1.18. The topological polar surface area (TPSA) is 33.5 Å². The Bertz CT molecular complexity index is 458. The summed E-state index contributed by atoms with van der Waals surface area (Å²) < 4.78 is 0. The predicted molar refractivity (Wildman–Crippen MR) is 84.0 cm³/mol. The molecule has 1 aromatic rings. The zero-order valence-corrected chi connectivity index (χ0v) is 12.8. The summed E-state index contributed by atoms with van der Waals surface area (Å²) in [7, 11) is 0. The van der Waals surface area contributed by atoms with Crippen molar-refractivity contribution < 1.29 is 9.69 Å². The minimum Gasteiger partial charge on any atom is -0.347 e. The van der Waals surface area contributed by atoms with Gasteiger partial charge in [0.1, 0.15) is 0 Å². The summed E-state index contributed by atoms with van der Waals surface area (Å²) in [6.45, 7) is 2.50. The summed E-state index contributed by atoms with van der Waals surface area (Å²) in [5.74, 6) is 1.09. The standard InChI is InChI=1S/C18H26N2O/c21-18(19-13-15-7-2-1-3-8-15)14-20-12-6-10-16-9-4-5-11-17(16)20/h1-3,7-8,16-17H,4-6,9-14H2,(H,19,21)/p+1/t16-,17-/m0/s1. The average molecular weight is 287 g/mol. The van der Waals surface area contributed by atoms with Gasteiger partial charge in [0, 0.05) is 12.5 Å². The van der Waals surface area contributed by atoms with Gasteiger partial charge in [0.25, 0.3) is 5.91 Å². The number of hydrogen-bond donors (Lipinski definition) is 2. The van der Waals surface area contributed by atoms with Gasteiger partial charge in [-0.1, -0.05) is 36.8 Å². The minimum absolute atomic E-state index is 0.208. The van der Waals surface area contributed by atoms with E-state index in [0.717, 1.165) is 12.0 Å². The molecule has 3 rings (SSSR count). The Morgan fingerprint density at radius 2 is 1.86 bits per heavy atom. The highest BCUT2D eigenvalue weighted by atomic mass is 16.2. The third-order valence-electron chi connectivity index (χ3n) is 5.23. The molecule has 3 heteroatoms. The van der Waals surface area contributed by atoms with Gasteiger partial charge >= 0.3 is 0 Å². The Morgan fingerprint density at radius 1 is 1.10 bits per heavy atom. The normalized spacial score (nSPS) is 28.7. The van der Waals surface area contributed by atoms with Crippen molar-refractivity contribution in [2.24, 2.45) is 5.92 Å². The first-order chi connectivity index (χ1) is 10.3. The molecule has 2 fully saturated rings. The lowest BCUT2D eigenvalue weighted by Gasteiger charge is -2.40. The molecule has 114 valence electrons. The van der Waals surface area contributed by atoms with E-state index >= 15 is 0 Å². The molecule has 1 amide bonds. The van der Waals surface area contributed by atoms with Crippen molar-refractivity contribution in [3.63, 3.8) is 0 Å². The fraction of sp³-hybridized carbons (Fsp3) is 0.611. The van der Waals surface area contributed by atoms with Gasteiger partial charge in [-0.15, -0.1) is 0 Å². The Hall–Kier alpha value is -1.35. The highest BCUT2D eigenvalue weighted by Gasteiger charge is 2.37. The number of hydrogen-bond acceptors (Lipinski definition) is 1. The van der Waals surface area contributed by atoms with Crippen molar-refractivity contribution in [2.45, 2.75) is 51.1 Å². The molecular weight excluding hydrogens is 260 g/mol. The summed E-state index contributed by atoms with van der Waals surface area (Å²) >= 11 is 0. The zero-order valence-electron chi connectivity index (χ0n) is 12.8. The number of piperidine rings is 1. The second-order valence-corrected chi connectivity index (χ2v) is 6.64. The second-order valence-electron chi connectivity index (χ2n) is 6.64. The molecule has 3 atom stereocenters. The van der Waals surface area contributed by atoms with E-state index < -0.39 is 0 Å².